The topological polar surface area (TPSA) is 131 Å². The van der Waals surface area contributed by atoms with Crippen molar-refractivity contribution in [2.45, 2.75) is 6.54 Å². The monoisotopic (exact) mass is 629 g/mol. The van der Waals surface area contributed by atoms with Crippen molar-refractivity contribution in [2.75, 3.05) is 128 Å². The third-order valence-corrected chi connectivity index (χ3v) is 7.43. The van der Waals surface area contributed by atoms with Crippen LogP contribution in [-0.4, -0.2) is 138 Å². The van der Waals surface area contributed by atoms with Gasteiger partial charge in [-0.3, -0.25) is 4.79 Å². The lowest BCUT2D eigenvalue weighted by atomic mass is 10.2. The Morgan fingerprint density at radius 3 is 1.96 bits per heavy atom. The van der Waals surface area contributed by atoms with Gasteiger partial charge in [0.1, 0.15) is 16.9 Å². The molecule has 2 aromatic heterocycles. The third kappa shape index (κ3) is 9.06. The second kappa shape index (κ2) is 17.0. The average molecular weight is 630 g/mol. The van der Waals surface area contributed by atoms with Gasteiger partial charge in [0, 0.05) is 81.3 Å². The molecule has 1 N–H and O–H groups in total. The highest BCUT2D eigenvalue weighted by atomic mass is 19.1. The van der Waals surface area contributed by atoms with E-state index >= 15 is 0 Å². The summed E-state index contributed by atoms with van der Waals surface area (Å²) in [6, 6.07) is 6.38. The zero-order valence-electron chi connectivity index (χ0n) is 26.8. The molecule has 3 heterocycles. The van der Waals surface area contributed by atoms with Crippen molar-refractivity contribution in [1.29, 1.82) is 0 Å². The lowest BCUT2D eigenvalue weighted by molar-refractivity contribution is -0.129. The Morgan fingerprint density at radius 2 is 1.40 bits per heavy atom. The van der Waals surface area contributed by atoms with Gasteiger partial charge in [-0.15, -0.1) is 0 Å². The van der Waals surface area contributed by atoms with Gasteiger partial charge in [0.15, 0.2) is 11.6 Å². The molecular formula is C30H44FN9O5. The SMILES string of the molecule is COCCN(CCOC)c1nc(N2CCN(C)C(=O)C2)c2nc(N(CCOC)CCOC)nc(NCc3cccc(F)c3)c2n1. The van der Waals surface area contributed by atoms with Gasteiger partial charge in [-0.25, -0.2) is 14.4 Å². The number of likely N-dealkylation sites (N-methyl/N-ethyl adjacent to an activating group) is 1. The number of ether oxygens (including phenoxy) is 4. The van der Waals surface area contributed by atoms with Crippen LogP contribution in [0, 0.1) is 5.82 Å². The summed E-state index contributed by atoms with van der Waals surface area (Å²) in [6.07, 6.45) is 0. The number of halogens is 1. The molecule has 15 heteroatoms. The fraction of sp³-hybridized carbons (Fsp3) is 0.567. The summed E-state index contributed by atoms with van der Waals surface area (Å²) >= 11 is 0. The minimum absolute atomic E-state index is 0.0225. The number of hydrogen-bond donors (Lipinski definition) is 1. The van der Waals surface area contributed by atoms with Gasteiger partial charge in [-0.2, -0.15) is 9.97 Å². The fourth-order valence-corrected chi connectivity index (χ4v) is 4.81. The van der Waals surface area contributed by atoms with E-state index in [1.54, 1.807) is 46.5 Å². The van der Waals surface area contributed by atoms with Gasteiger partial charge in [0.2, 0.25) is 17.8 Å². The van der Waals surface area contributed by atoms with E-state index in [2.05, 4.69) is 5.32 Å². The number of piperazine rings is 1. The second-order valence-electron chi connectivity index (χ2n) is 10.6. The average Bonchev–Trinajstić information content (AvgIpc) is 3.04. The van der Waals surface area contributed by atoms with Gasteiger partial charge in [-0.1, -0.05) is 12.1 Å². The first-order valence-corrected chi connectivity index (χ1v) is 14.9. The molecule has 0 unspecified atom stereocenters. The number of aromatic nitrogens is 4. The number of fused-ring (bicyclic) bond motifs is 1. The molecule has 14 nitrogen and oxygen atoms in total. The molecule has 4 rings (SSSR count). The van der Waals surface area contributed by atoms with Crippen LogP contribution in [-0.2, 0) is 30.3 Å². The molecule has 0 spiro atoms. The minimum Gasteiger partial charge on any atom is -0.383 e. The van der Waals surface area contributed by atoms with E-state index in [-0.39, 0.29) is 24.8 Å². The van der Waals surface area contributed by atoms with E-state index in [1.165, 1.54) is 12.1 Å². The highest BCUT2D eigenvalue weighted by Crippen LogP contribution is 2.32. The first-order chi connectivity index (χ1) is 21.9. The number of carbonyl (C=O) groups is 1. The zero-order valence-corrected chi connectivity index (χ0v) is 26.8. The first kappa shape index (κ1) is 34.0. The van der Waals surface area contributed by atoms with E-state index in [0.717, 1.165) is 5.56 Å². The van der Waals surface area contributed by atoms with Crippen molar-refractivity contribution in [3.8, 4) is 0 Å². The maximum Gasteiger partial charge on any atom is 0.241 e. The number of hydrogen-bond acceptors (Lipinski definition) is 13. The van der Waals surface area contributed by atoms with Gasteiger partial charge >= 0.3 is 0 Å². The van der Waals surface area contributed by atoms with E-state index in [9.17, 15) is 9.18 Å². The quantitative estimate of drug-likeness (QED) is 0.219. The number of anilines is 4. The van der Waals surface area contributed by atoms with E-state index < -0.39 is 0 Å². The van der Waals surface area contributed by atoms with Gasteiger partial charge < -0.3 is 43.9 Å². The first-order valence-electron chi connectivity index (χ1n) is 14.9. The highest BCUT2D eigenvalue weighted by molar-refractivity contribution is 5.96. The Labute approximate surface area is 263 Å². The number of amides is 1. The molecule has 246 valence electrons. The molecule has 0 saturated carbocycles. The molecule has 1 amide bonds. The van der Waals surface area contributed by atoms with Crippen LogP contribution in [0.15, 0.2) is 24.3 Å². The Bertz CT molecular complexity index is 1390. The van der Waals surface area contributed by atoms with Crippen molar-refractivity contribution in [2.24, 2.45) is 0 Å². The second-order valence-corrected chi connectivity index (χ2v) is 10.6. The smallest absolute Gasteiger partial charge is 0.241 e. The fourth-order valence-electron chi connectivity index (χ4n) is 4.81. The van der Waals surface area contributed by atoms with Gasteiger partial charge in [0.05, 0.1) is 33.0 Å². The van der Waals surface area contributed by atoms with Crippen LogP contribution >= 0.6 is 0 Å². The Kier molecular flexibility index (Phi) is 12.8. The van der Waals surface area contributed by atoms with Crippen LogP contribution in [0.1, 0.15) is 5.56 Å². The Balaban J connectivity index is 1.91. The van der Waals surface area contributed by atoms with Crippen molar-refractivity contribution in [3.63, 3.8) is 0 Å². The van der Waals surface area contributed by atoms with Crippen LogP contribution in [0.4, 0.5) is 27.9 Å². The molecule has 3 aromatic rings. The van der Waals surface area contributed by atoms with Crippen LogP contribution in [0.2, 0.25) is 0 Å². The Morgan fingerprint density at radius 1 is 0.822 bits per heavy atom. The predicted molar refractivity (Wildman–Crippen MR) is 171 cm³/mol. The molecule has 1 saturated heterocycles. The van der Waals surface area contributed by atoms with Gasteiger partial charge in [0.25, 0.3) is 0 Å². The summed E-state index contributed by atoms with van der Waals surface area (Å²) in [4.78, 5) is 40.4. The number of nitrogens with zero attached hydrogens (tertiary/aromatic N) is 8. The standard InChI is InChI=1S/C30H44FN9O5/c1-37-9-10-40(21-24(37)41)28-26-25(33-30(36-28)39(13-17-44-4)14-18-45-5)27(32-20-22-7-6-8-23(31)19-22)35-29(34-26)38(11-15-42-2)12-16-43-3/h6-8,19H,9-18,20-21H2,1-5H3,(H,32,34,35). The highest BCUT2D eigenvalue weighted by Gasteiger charge is 2.28. The maximum atomic E-state index is 14.0. The summed E-state index contributed by atoms with van der Waals surface area (Å²) in [5.41, 5.74) is 1.70. The largest absolute Gasteiger partial charge is 0.383 e. The van der Waals surface area contributed by atoms with Crippen LogP contribution < -0.4 is 20.0 Å². The summed E-state index contributed by atoms with van der Waals surface area (Å²) in [6.45, 7) is 5.36. The molecular weight excluding hydrogens is 585 g/mol. The van der Waals surface area contributed by atoms with Gasteiger partial charge in [-0.05, 0) is 17.7 Å². The van der Waals surface area contributed by atoms with Crippen LogP contribution in [0.5, 0.6) is 0 Å². The third-order valence-electron chi connectivity index (χ3n) is 7.43. The summed E-state index contributed by atoms with van der Waals surface area (Å²) in [5, 5.41) is 3.38. The molecule has 0 aliphatic carbocycles. The summed E-state index contributed by atoms with van der Waals surface area (Å²) in [5.74, 6) is 1.47. The molecule has 0 atom stereocenters. The zero-order chi connectivity index (χ0) is 32.2. The van der Waals surface area contributed by atoms with Crippen LogP contribution in [0.25, 0.3) is 11.0 Å². The molecule has 0 bridgehead atoms. The lowest BCUT2D eigenvalue weighted by Crippen LogP contribution is -2.49. The Hall–Kier alpha value is -3.92. The number of carbonyl (C=O) groups excluding carboxylic acids is 1. The molecule has 45 heavy (non-hydrogen) atoms. The number of rotatable bonds is 18. The van der Waals surface area contributed by atoms with Crippen molar-refractivity contribution in [1.82, 2.24) is 24.8 Å². The predicted octanol–water partition coefficient (Wildman–Crippen LogP) is 1.65. The van der Waals surface area contributed by atoms with Crippen molar-refractivity contribution in [3.05, 3.63) is 35.6 Å². The van der Waals surface area contributed by atoms with Crippen molar-refractivity contribution >= 4 is 40.5 Å². The van der Waals surface area contributed by atoms with E-state index in [0.29, 0.717) is 100 Å². The summed E-state index contributed by atoms with van der Waals surface area (Å²) in [7, 11) is 8.34. The lowest BCUT2D eigenvalue weighted by Gasteiger charge is -2.34. The molecule has 0 radical (unpaired) electrons. The number of benzene rings is 1. The van der Waals surface area contributed by atoms with E-state index in [1.807, 2.05) is 20.8 Å². The molecule has 1 aliphatic rings. The molecule has 1 aromatic carbocycles. The maximum absolute atomic E-state index is 14.0. The molecule has 1 aliphatic heterocycles. The molecule has 1 fully saturated rings. The number of nitrogens with one attached hydrogen (secondary N) is 1. The van der Waals surface area contributed by atoms with Crippen LogP contribution in [0.3, 0.4) is 0 Å². The van der Waals surface area contributed by atoms with Crippen molar-refractivity contribution < 1.29 is 28.1 Å². The number of methoxy groups -OCH3 is 4. The van der Waals surface area contributed by atoms with E-state index in [4.69, 9.17) is 38.9 Å². The summed E-state index contributed by atoms with van der Waals surface area (Å²) < 4.78 is 35.5. The minimum atomic E-state index is -0.327. The normalized spacial score (nSPS) is 13.5.